The van der Waals surface area contributed by atoms with Crippen molar-refractivity contribution in [1.29, 1.82) is 0 Å². The Labute approximate surface area is 192 Å². The molecule has 0 radical (unpaired) electrons. The molecule has 0 spiro atoms. The van der Waals surface area contributed by atoms with Crippen LogP contribution >= 0.6 is 0 Å². The number of pyridine rings is 2. The molecule has 0 aliphatic heterocycles. The second-order valence-corrected chi connectivity index (χ2v) is 8.80. The number of imidazole rings is 1. The van der Waals surface area contributed by atoms with E-state index >= 15 is 0 Å². The lowest BCUT2D eigenvalue weighted by atomic mass is 9.87. The maximum absolute atomic E-state index is 12.7. The van der Waals surface area contributed by atoms with Crippen molar-refractivity contribution in [2.24, 2.45) is 11.7 Å². The van der Waals surface area contributed by atoms with Crippen LogP contribution < -0.4 is 5.73 Å². The van der Waals surface area contributed by atoms with Gasteiger partial charge in [0.15, 0.2) is 0 Å². The number of nitrogens with zero attached hydrogens (tertiary/aromatic N) is 3. The molecule has 7 heteroatoms. The van der Waals surface area contributed by atoms with Crippen molar-refractivity contribution in [3.63, 3.8) is 0 Å². The Kier molecular flexibility index (Phi) is 5.88. The highest BCUT2D eigenvalue weighted by Crippen LogP contribution is 2.30. The minimum absolute atomic E-state index is 0.285. The first kappa shape index (κ1) is 21.3. The third kappa shape index (κ3) is 4.64. The average Bonchev–Trinajstić information content (AvgIpc) is 3.33. The second-order valence-electron chi connectivity index (χ2n) is 8.80. The van der Waals surface area contributed by atoms with Crippen LogP contribution in [0.4, 0.5) is 0 Å². The van der Waals surface area contributed by atoms with Gasteiger partial charge >= 0.3 is 5.97 Å². The summed E-state index contributed by atoms with van der Waals surface area (Å²) in [7, 11) is 0. The molecule has 0 amide bonds. The number of fused-ring (bicyclic) bond motifs is 1. The summed E-state index contributed by atoms with van der Waals surface area (Å²) in [6.07, 6.45) is 7.26. The summed E-state index contributed by atoms with van der Waals surface area (Å²) >= 11 is 0. The Bertz CT molecular complexity index is 1290. The van der Waals surface area contributed by atoms with E-state index in [1.807, 2.05) is 49.4 Å². The molecular formula is C26H27N5O2. The van der Waals surface area contributed by atoms with Crippen molar-refractivity contribution < 1.29 is 9.53 Å². The molecule has 3 N–H and O–H groups in total. The number of carbonyl (C=O) groups excluding carboxylic acids is 1. The highest BCUT2D eigenvalue weighted by molar-refractivity contribution is 5.95. The molecule has 0 unspecified atom stereocenters. The number of aromatic nitrogens is 4. The molecule has 0 saturated heterocycles. The van der Waals surface area contributed by atoms with Crippen LogP contribution in [-0.4, -0.2) is 38.6 Å². The first-order chi connectivity index (χ1) is 16.1. The van der Waals surface area contributed by atoms with E-state index in [-0.39, 0.29) is 12.0 Å². The van der Waals surface area contributed by atoms with Crippen molar-refractivity contribution in [2.75, 3.05) is 6.61 Å². The molecular weight excluding hydrogens is 414 g/mol. The van der Waals surface area contributed by atoms with Gasteiger partial charge in [0.05, 0.1) is 41.1 Å². The van der Waals surface area contributed by atoms with Crippen molar-refractivity contribution >= 4 is 16.9 Å². The zero-order valence-electron chi connectivity index (χ0n) is 18.6. The minimum Gasteiger partial charge on any atom is -0.462 e. The van der Waals surface area contributed by atoms with Gasteiger partial charge in [-0.15, -0.1) is 0 Å². The Morgan fingerprint density at radius 3 is 2.79 bits per heavy atom. The summed E-state index contributed by atoms with van der Waals surface area (Å²) in [6, 6.07) is 13.9. The van der Waals surface area contributed by atoms with Crippen molar-refractivity contribution in [3.8, 4) is 22.6 Å². The quantitative estimate of drug-likeness (QED) is 0.436. The second kappa shape index (κ2) is 9.11. The van der Waals surface area contributed by atoms with Crippen LogP contribution in [0.25, 0.3) is 33.5 Å². The van der Waals surface area contributed by atoms with Gasteiger partial charge in [-0.1, -0.05) is 12.1 Å². The Morgan fingerprint density at radius 2 is 1.97 bits per heavy atom. The molecule has 168 valence electrons. The zero-order chi connectivity index (χ0) is 22.8. The summed E-state index contributed by atoms with van der Waals surface area (Å²) in [4.78, 5) is 29.5. The number of ether oxygens (including phenoxy) is 1. The molecule has 0 atom stereocenters. The van der Waals surface area contributed by atoms with Crippen LogP contribution in [0.2, 0.25) is 0 Å². The highest BCUT2D eigenvalue weighted by Gasteiger charge is 2.20. The minimum atomic E-state index is -0.339. The van der Waals surface area contributed by atoms with Gasteiger partial charge in [-0.3, -0.25) is 9.97 Å². The smallest absolute Gasteiger partial charge is 0.339 e. The van der Waals surface area contributed by atoms with Crippen molar-refractivity contribution in [2.45, 2.75) is 38.6 Å². The first-order valence-corrected chi connectivity index (χ1v) is 11.4. The summed E-state index contributed by atoms with van der Waals surface area (Å²) in [5, 5.41) is 0.858. The monoisotopic (exact) mass is 441 g/mol. The topological polar surface area (TPSA) is 107 Å². The summed E-state index contributed by atoms with van der Waals surface area (Å²) in [5.41, 5.74) is 11.6. The number of rotatable bonds is 5. The number of carbonyl (C=O) groups is 1. The molecule has 1 fully saturated rings. The van der Waals surface area contributed by atoms with E-state index in [0.29, 0.717) is 18.1 Å². The molecule has 4 aromatic rings. The number of aryl methyl sites for hydroxylation is 1. The average molecular weight is 442 g/mol. The molecule has 3 heterocycles. The van der Waals surface area contributed by atoms with Gasteiger partial charge in [0.1, 0.15) is 0 Å². The normalized spacial score (nSPS) is 18.4. The van der Waals surface area contributed by atoms with E-state index in [2.05, 4.69) is 19.9 Å². The van der Waals surface area contributed by atoms with Crippen LogP contribution in [-0.2, 0) is 4.74 Å². The number of nitrogens with two attached hydrogens (primary N) is 1. The van der Waals surface area contributed by atoms with E-state index < -0.39 is 0 Å². The molecule has 33 heavy (non-hydrogen) atoms. The standard InChI is InChI=1S/C26H27N5O2/c1-16-3-2-4-23(31-16)25-24(29-15-30-25)18-7-10-22-19(11-18)12-20(13-28-22)26(32)33-14-17-5-8-21(27)9-6-17/h2-4,7,10-13,15,17,21H,5-6,8-9,14,27H2,1H3,(H,29,30). The fourth-order valence-electron chi connectivity index (χ4n) is 4.41. The fraction of sp³-hybridized carbons (Fsp3) is 0.308. The molecule has 1 saturated carbocycles. The molecule has 7 nitrogen and oxygen atoms in total. The third-order valence-electron chi connectivity index (χ3n) is 6.32. The predicted molar refractivity (Wildman–Crippen MR) is 128 cm³/mol. The molecule has 1 aliphatic rings. The van der Waals surface area contributed by atoms with E-state index in [4.69, 9.17) is 10.5 Å². The molecule has 1 aliphatic carbocycles. The maximum atomic E-state index is 12.7. The maximum Gasteiger partial charge on any atom is 0.339 e. The number of hydrogen-bond acceptors (Lipinski definition) is 6. The summed E-state index contributed by atoms with van der Waals surface area (Å²) in [6.45, 7) is 2.40. The number of hydrogen-bond donors (Lipinski definition) is 2. The van der Waals surface area contributed by atoms with Gasteiger partial charge in [0.2, 0.25) is 0 Å². The van der Waals surface area contributed by atoms with Gasteiger partial charge in [-0.25, -0.2) is 9.78 Å². The van der Waals surface area contributed by atoms with Crippen LogP contribution in [0, 0.1) is 12.8 Å². The van der Waals surface area contributed by atoms with Crippen molar-refractivity contribution in [1.82, 2.24) is 19.9 Å². The number of esters is 1. The lowest BCUT2D eigenvalue weighted by molar-refractivity contribution is 0.0406. The summed E-state index contributed by atoms with van der Waals surface area (Å²) < 4.78 is 5.60. The van der Waals surface area contributed by atoms with E-state index in [1.54, 1.807) is 12.5 Å². The van der Waals surface area contributed by atoms with E-state index in [9.17, 15) is 4.79 Å². The van der Waals surface area contributed by atoms with Gasteiger partial charge in [0.25, 0.3) is 0 Å². The molecule has 5 rings (SSSR count). The number of aromatic amines is 1. The zero-order valence-corrected chi connectivity index (χ0v) is 18.6. The molecule has 1 aromatic carbocycles. The summed E-state index contributed by atoms with van der Waals surface area (Å²) in [5.74, 6) is 0.0520. The van der Waals surface area contributed by atoms with Gasteiger partial charge in [-0.05, 0) is 68.9 Å². The lowest BCUT2D eigenvalue weighted by Crippen LogP contribution is -2.28. The van der Waals surface area contributed by atoms with Gasteiger partial charge in [-0.2, -0.15) is 0 Å². The number of nitrogens with one attached hydrogen (secondary N) is 1. The fourth-order valence-corrected chi connectivity index (χ4v) is 4.41. The van der Waals surface area contributed by atoms with E-state index in [0.717, 1.165) is 64.9 Å². The number of H-pyrrole nitrogens is 1. The van der Waals surface area contributed by atoms with E-state index in [1.165, 1.54) is 0 Å². The SMILES string of the molecule is Cc1cccc(-c2[nH]cnc2-c2ccc3ncc(C(=O)OCC4CCC(N)CC4)cc3c2)n1. The molecule has 3 aromatic heterocycles. The van der Waals surface area contributed by atoms with Gasteiger partial charge in [0, 0.05) is 28.9 Å². The highest BCUT2D eigenvalue weighted by atomic mass is 16.5. The van der Waals surface area contributed by atoms with Crippen LogP contribution in [0.15, 0.2) is 55.0 Å². The molecule has 0 bridgehead atoms. The van der Waals surface area contributed by atoms with Crippen LogP contribution in [0.1, 0.15) is 41.7 Å². The Hall–Kier alpha value is -3.58. The van der Waals surface area contributed by atoms with Gasteiger partial charge < -0.3 is 15.5 Å². The van der Waals surface area contributed by atoms with Crippen molar-refractivity contribution in [3.05, 3.63) is 66.2 Å². The largest absolute Gasteiger partial charge is 0.462 e. The lowest BCUT2D eigenvalue weighted by Gasteiger charge is -2.25. The number of benzene rings is 1. The Morgan fingerprint density at radius 1 is 1.12 bits per heavy atom. The predicted octanol–water partition coefficient (Wildman–Crippen LogP) is 4.67. The Balaban J connectivity index is 1.38. The first-order valence-electron chi connectivity index (χ1n) is 11.4. The van der Waals surface area contributed by atoms with Crippen LogP contribution in [0.3, 0.4) is 0 Å². The third-order valence-corrected chi connectivity index (χ3v) is 6.32. The van der Waals surface area contributed by atoms with Crippen LogP contribution in [0.5, 0.6) is 0 Å².